The number of carbonyl (C=O) groups excluding carboxylic acids is 1. The van der Waals surface area contributed by atoms with Crippen molar-refractivity contribution in [1.82, 2.24) is 14.6 Å². The summed E-state index contributed by atoms with van der Waals surface area (Å²) in [6.07, 6.45) is 2.56. The summed E-state index contributed by atoms with van der Waals surface area (Å²) in [6, 6.07) is 10.6. The van der Waals surface area contributed by atoms with E-state index >= 15 is 0 Å². The van der Waals surface area contributed by atoms with Gasteiger partial charge in [0.05, 0.1) is 24.4 Å². The first kappa shape index (κ1) is 22.0. The summed E-state index contributed by atoms with van der Waals surface area (Å²) in [5.41, 5.74) is 6.67. The number of hydrogen-bond donors (Lipinski definition) is 0. The highest BCUT2D eigenvalue weighted by atomic mass is 16.5. The highest BCUT2D eigenvalue weighted by Crippen LogP contribution is 2.36. The molecule has 2 aromatic heterocycles. The van der Waals surface area contributed by atoms with Crippen LogP contribution in [0.2, 0.25) is 0 Å². The number of benzene rings is 1. The van der Waals surface area contributed by atoms with E-state index in [1.165, 1.54) is 12.7 Å². The quantitative estimate of drug-likeness (QED) is 0.498. The van der Waals surface area contributed by atoms with Crippen molar-refractivity contribution in [2.45, 2.75) is 72.1 Å². The van der Waals surface area contributed by atoms with Gasteiger partial charge in [-0.05, 0) is 25.3 Å². The van der Waals surface area contributed by atoms with Gasteiger partial charge in [-0.1, -0.05) is 65.3 Å². The minimum absolute atomic E-state index is 0.101. The summed E-state index contributed by atoms with van der Waals surface area (Å²) in [5, 5.41) is 4.93. The maximum atomic E-state index is 12.8. The summed E-state index contributed by atoms with van der Waals surface area (Å²) in [6.45, 7) is 12.6. The molecule has 2 heterocycles. The lowest BCUT2D eigenvalue weighted by Crippen LogP contribution is -2.19. The summed E-state index contributed by atoms with van der Waals surface area (Å²) < 4.78 is 7.09. The van der Waals surface area contributed by atoms with Crippen LogP contribution >= 0.6 is 0 Å². The van der Waals surface area contributed by atoms with Gasteiger partial charge in [-0.2, -0.15) is 5.10 Å². The Balaban J connectivity index is 2.38. The third kappa shape index (κ3) is 4.11. The van der Waals surface area contributed by atoms with Crippen molar-refractivity contribution in [3.05, 3.63) is 52.8 Å². The van der Waals surface area contributed by atoms with Gasteiger partial charge in [0, 0.05) is 28.3 Å². The molecule has 3 rings (SSSR count). The van der Waals surface area contributed by atoms with E-state index in [1.54, 1.807) is 0 Å². The molecule has 1 atom stereocenters. The van der Waals surface area contributed by atoms with Gasteiger partial charge in [0.2, 0.25) is 0 Å². The van der Waals surface area contributed by atoms with Gasteiger partial charge in [-0.15, -0.1) is 0 Å². The predicted octanol–water partition coefficient (Wildman–Crippen LogP) is 5.62. The standard InChI is InChI=1S/C25H33N3O2/c1-8-10-19(24(29)30-7)22-16(3)26-21-15-20(25(4,5)6)27-28(21)23(22)18-13-11-17(9-2)12-14-18/h11-15,19H,8-10H2,1-7H3. The molecule has 160 valence electrons. The van der Waals surface area contributed by atoms with Gasteiger partial charge in [0.1, 0.15) is 0 Å². The molecule has 0 fully saturated rings. The number of aromatic nitrogens is 3. The first-order valence-electron chi connectivity index (χ1n) is 10.8. The topological polar surface area (TPSA) is 56.5 Å². The molecule has 5 nitrogen and oxygen atoms in total. The number of carbonyl (C=O) groups is 1. The van der Waals surface area contributed by atoms with E-state index in [9.17, 15) is 4.79 Å². The van der Waals surface area contributed by atoms with Crippen LogP contribution in [0, 0.1) is 6.92 Å². The van der Waals surface area contributed by atoms with Crippen molar-refractivity contribution in [1.29, 1.82) is 0 Å². The molecular formula is C25H33N3O2. The van der Waals surface area contributed by atoms with Crippen molar-refractivity contribution >= 4 is 11.6 Å². The predicted molar refractivity (Wildman–Crippen MR) is 121 cm³/mol. The molecule has 5 heteroatoms. The molecule has 0 saturated carbocycles. The first-order chi connectivity index (χ1) is 14.2. The van der Waals surface area contributed by atoms with E-state index in [1.807, 2.05) is 17.5 Å². The van der Waals surface area contributed by atoms with Gasteiger partial charge >= 0.3 is 5.97 Å². The Morgan fingerprint density at radius 3 is 2.37 bits per heavy atom. The molecule has 1 aromatic carbocycles. The van der Waals surface area contributed by atoms with Crippen LogP contribution in [-0.4, -0.2) is 27.7 Å². The molecule has 0 aliphatic carbocycles. The fraction of sp³-hybridized carbons (Fsp3) is 0.480. The van der Waals surface area contributed by atoms with Crippen molar-refractivity contribution in [2.75, 3.05) is 7.11 Å². The molecule has 0 aliphatic heterocycles. The van der Waals surface area contributed by atoms with Gasteiger partial charge in [0.25, 0.3) is 0 Å². The van der Waals surface area contributed by atoms with Crippen molar-refractivity contribution in [2.24, 2.45) is 0 Å². The number of aryl methyl sites for hydroxylation is 2. The average molecular weight is 408 g/mol. The van der Waals surface area contributed by atoms with Crippen molar-refractivity contribution in [3.63, 3.8) is 0 Å². The average Bonchev–Trinajstić information content (AvgIpc) is 3.15. The third-order valence-corrected chi connectivity index (χ3v) is 5.65. The molecule has 0 saturated heterocycles. The summed E-state index contributed by atoms with van der Waals surface area (Å²) >= 11 is 0. The lowest BCUT2D eigenvalue weighted by molar-refractivity contribution is -0.142. The number of ether oxygens (including phenoxy) is 1. The Bertz CT molecular complexity index is 1040. The number of hydrogen-bond acceptors (Lipinski definition) is 4. The maximum absolute atomic E-state index is 12.8. The number of esters is 1. The van der Waals surface area contributed by atoms with E-state index in [0.717, 1.165) is 46.7 Å². The smallest absolute Gasteiger partial charge is 0.313 e. The van der Waals surface area contributed by atoms with E-state index in [4.69, 9.17) is 14.8 Å². The zero-order chi connectivity index (χ0) is 22.1. The van der Waals surface area contributed by atoms with E-state index in [0.29, 0.717) is 6.42 Å². The van der Waals surface area contributed by atoms with Gasteiger partial charge in [-0.25, -0.2) is 9.50 Å². The van der Waals surface area contributed by atoms with Crippen LogP contribution in [0.1, 0.15) is 75.9 Å². The van der Waals surface area contributed by atoms with Crippen LogP contribution in [0.5, 0.6) is 0 Å². The lowest BCUT2D eigenvalue weighted by atomic mass is 9.89. The highest BCUT2D eigenvalue weighted by molar-refractivity contribution is 5.83. The number of nitrogens with zero attached hydrogens (tertiary/aromatic N) is 3. The SMILES string of the molecule is CCCC(C(=O)OC)c1c(C)nc2cc(C(C)(C)C)nn2c1-c1ccc(CC)cc1. The van der Waals surface area contributed by atoms with E-state index in [2.05, 4.69) is 58.9 Å². The lowest BCUT2D eigenvalue weighted by Gasteiger charge is -2.21. The summed E-state index contributed by atoms with van der Waals surface area (Å²) in [7, 11) is 1.45. The van der Waals surface area contributed by atoms with Crippen LogP contribution in [0.15, 0.2) is 30.3 Å². The van der Waals surface area contributed by atoms with Crippen LogP contribution in [0.3, 0.4) is 0 Å². The second-order valence-corrected chi connectivity index (χ2v) is 8.92. The zero-order valence-electron chi connectivity index (χ0n) is 19.2. The summed E-state index contributed by atoms with van der Waals surface area (Å²) in [5.74, 6) is -0.601. The van der Waals surface area contributed by atoms with Crippen molar-refractivity contribution in [3.8, 4) is 11.3 Å². The van der Waals surface area contributed by atoms with Crippen LogP contribution < -0.4 is 0 Å². The Labute approximate surface area is 179 Å². The third-order valence-electron chi connectivity index (χ3n) is 5.65. The maximum Gasteiger partial charge on any atom is 0.313 e. The first-order valence-corrected chi connectivity index (χ1v) is 10.8. The molecule has 30 heavy (non-hydrogen) atoms. The molecule has 0 radical (unpaired) electrons. The van der Waals surface area contributed by atoms with Crippen LogP contribution in [-0.2, 0) is 21.4 Å². The number of fused-ring (bicyclic) bond motifs is 1. The minimum atomic E-state index is -0.375. The largest absolute Gasteiger partial charge is 0.469 e. The molecule has 0 N–H and O–H groups in total. The zero-order valence-corrected chi connectivity index (χ0v) is 19.2. The number of methoxy groups -OCH3 is 1. The Kier molecular flexibility index (Phi) is 6.30. The Morgan fingerprint density at radius 1 is 1.17 bits per heavy atom. The van der Waals surface area contributed by atoms with Crippen LogP contribution in [0.4, 0.5) is 0 Å². The van der Waals surface area contributed by atoms with Crippen molar-refractivity contribution < 1.29 is 9.53 Å². The van der Waals surface area contributed by atoms with E-state index < -0.39 is 0 Å². The molecule has 1 unspecified atom stereocenters. The molecule has 0 amide bonds. The molecule has 0 bridgehead atoms. The van der Waals surface area contributed by atoms with Gasteiger partial charge < -0.3 is 4.74 Å². The Hall–Kier alpha value is -2.69. The van der Waals surface area contributed by atoms with Gasteiger partial charge in [-0.3, -0.25) is 4.79 Å². The van der Waals surface area contributed by atoms with Gasteiger partial charge in [0.15, 0.2) is 5.65 Å². The number of rotatable bonds is 6. The second kappa shape index (κ2) is 8.58. The minimum Gasteiger partial charge on any atom is -0.469 e. The molecular weight excluding hydrogens is 374 g/mol. The Morgan fingerprint density at radius 2 is 1.83 bits per heavy atom. The second-order valence-electron chi connectivity index (χ2n) is 8.92. The van der Waals surface area contributed by atoms with Crippen LogP contribution in [0.25, 0.3) is 16.9 Å². The monoisotopic (exact) mass is 407 g/mol. The van der Waals surface area contributed by atoms with E-state index in [-0.39, 0.29) is 17.3 Å². The highest BCUT2D eigenvalue weighted by Gasteiger charge is 2.30. The fourth-order valence-electron chi connectivity index (χ4n) is 3.90. The molecule has 0 spiro atoms. The molecule has 3 aromatic rings. The normalized spacial score (nSPS) is 12.9. The summed E-state index contributed by atoms with van der Waals surface area (Å²) in [4.78, 5) is 17.6. The fourth-order valence-corrected chi connectivity index (χ4v) is 3.90. The molecule has 0 aliphatic rings.